The van der Waals surface area contributed by atoms with Crippen molar-refractivity contribution >= 4 is 21.7 Å². The van der Waals surface area contributed by atoms with Crippen LogP contribution in [0.2, 0.25) is 0 Å². The molecular weight excluding hydrogens is 256 g/mol. The predicted octanol–water partition coefficient (Wildman–Crippen LogP) is 0.742. The molecule has 18 heavy (non-hydrogen) atoms. The van der Waals surface area contributed by atoms with Gasteiger partial charge in [-0.3, -0.25) is 0 Å². The zero-order chi connectivity index (χ0) is 13.9. The van der Waals surface area contributed by atoms with Crippen molar-refractivity contribution in [3.05, 3.63) is 23.8 Å². The van der Waals surface area contributed by atoms with Gasteiger partial charge >= 0.3 is 5.97 Å². The maximum Gasteiger partial charge on any atom is 0.339 e. The molecule has 0 spiro atoms. The summed E-state index contributed by atoms with van der Waals surface area (Å²) in [5, 5.41) is 0. The molecule has 0 radical (unpaired) electrons. The molecule has 0 aliphatic heterocycles. The van der Waals surface area contributed by atoms with Gasteiger partial charge in [-0.2, -0.15) is 0 Å². The molecule has 0 aromatic heterocycles. The number of hydrogen-bond donors (Lipinski definition) is 2. The number of sulfonamides is 1. The highest BCUT2D eigenvalue weighted by Gasteiger charge is 2.23. The first-order valence-electron chi connectivity index (χ1n) is 5.28. The van der Waals surface area contributed by atoms with Crippen LogP contribution in [0.4, 0.5) is 5.69 Å². The molecule has 0 unspecified atom stereocenters. The van der Waals surface area contributed by atoms with Crippen molar-refractivity contribution in [1.82, 2.24) is 4.72 Å². The van der Waals surface area contributed by atoms with E-state index in [2.05, 4.69) is 9.46 Å². The van der Waals surface area contributed by atoms with Crippen molar-refractivity contribution in [3.63, 3.8) is 0 Å². The summed E-state index contributed by atoms with van der Waals surface area (Å²) in [6.07, 6.45) is 0. The van der Waals surface area contributed by atoms with Crippen LogP contribution >= 0.6 is 0 Å². The summed E-state index contributed by atoms with van der Waals surface area (Å²) < 4.78 is 31.0. The summed E-state index contributed by atoms with van der Waals surface area (Å²) in [5.41, 5.74) is 5.75. The highest BCUT2D eigenvalue weighted by molar-refractivity contribution is 7.89. The first-order chi connectivity index (χ1) is 8.27. The highest BCUT2D eigenvalue weighted by Crippen LogP contribution is 2.20. The van der Waals surface area contributed by atoms with Crippen LogP contribution in [0, 0.1) is 0 Å². The van der Waals surface area contributed by atoms with Gasteiger partial charge < -0.3 is 10.5 Å². The number of rotatable bonds is 4. The van der Waals surface area contributed by atoms with E-state index in [0.717, 1.165) is 0 Å². The number of carbonyl (C=O) groups excluding carboxylic acids is 1. The van der Waals surface area contributed by atoms with Gasteiger partial charge in [0.2, 0.25) is 10.0 Å². The van der Waals surface area contributed by atoms with Crippen LogP contribution in [0.25, 0.3) is 0 Å². The zero-order valence-corrected chi connectivity index (χ0v) is 11.2. The lowest BCUT2D eigenvalue weighted by Gasteiger charge is -2.12. The van der Waals surface area contributed by atoms with Crippen LogP contribution < -0.4 is 10.5 Å². The molecule has 1 aromatic carbocycles. The van der Waals surface area contributed by atoms with Gasteiger partial charge in [0.25, 0.3) is 0 Å². The molecule has 0 aliphatic carbocycles. The second kappa shape index (κ2) is 5.36. The van der Waals surface area contributed by atoms with E-state index >= 15 is 0 Å². The van der Waals surface area contributed by atoms with Gasteiger partial charge in [0.15, 0.2) is 0 Å². The molecule has 1 rings (SSSR count). The second-order valence-corrected chi connectivity index (χ2v) is 5.71. The van der Waals surface area contributed by atoms with Crippen LogP contribution in [-0.4, -0.2) is 27.5 Å². The summed E-state index contributed by atoms with van der Waals surface area (Å²) in [7, 11) is -2.59. The molecule has 0 amide bonds. The molecule has 3 N–H and O–H groups in total. The molecule has 1 aromatic rings. The maximum absolute atomic E-state index is 12.0. The van der Waals surface area contributed by atoms with Gasteiger partial charge in [0.05, 0.1) is 17.6 Å². The summed E-state index contributed by atoms with van der Waals surface area (Å²) in [6.45, 7) is 3.37. The zero-order valence-electron chi connectivity index (χ0n) is 10.4. The summed E-state index contributed by atoms with van der Waals surface area (Å²) in [4.78, 5) is 11.4. The van der Waals surface area contributed by atoms with Gasteiger partial charge in [-0.1, -0.05) is 0 Å². The standard InChI is InChI=1S/C11H16N2O4S/c1-7(2)13-18(15,16)10-5-4-8(12)6-9(10)11(14)17-3/h4-7,13H,12H2,1-3H3. The van der Waals surface area contributed by atoms with Crippen LogP contribution in [0.3, 0.4) is 0 Å². The number of nitrogens with one attached hydrogen (secondary N) is 1. The average molecular weight is 272 g/mol. The normalized spacial score (nSPS) is 11.6. The smallest absolute Gasteiger partial charge is 0.339 e. The van der Waals surface area contributed by atoms with E-state index in [0.29, 0.717) is 5.69 Å². The quantitative estimate of drug-likeness (QED) is 0.622. The maximum atomic E-state index is 12.0. The van der Waals surface area contributed by atoms with E-state index in [4.69, 9.17) is 5.73 Å². The van der Waals surface area contributed by atoms with Crippen LogP contribution in [0.5, 0.6) is 0 Å². The van der Waals surface area contributed by atoms with Crippen molar-refractivity contribution < 1.29 is 17.9 Å². The Morgan fingerprint density at radius 2 is 2.00 bits per heavy atom. The second-order valence-electron chi connectivity index (χ2n) is 4.02. The topological polar surface area (TPSA) is 98.5 Å². The fourth-order valence-electron chi connectivity index (χ4n) is 1.43. The molecule has 6 nitrogen and oxygen atoms in total. The van der Waals surface area contributed by atoms with Crippen molar-refractivity contribution in [1.29, 1.82) is 0 Å². The van der Waals surface area contributed by atoms with Crippen LogP contribution in [-0.2, 0) is 14.8 Å². The predicted molar refractivity (Wildman–Crippen MR) is 67.7 cm³/mol. The summed E-state index contributed by atoms with van der Waals surface area (Å²) >= 11 is 0. The Balaban J connectivity index is 3.36. The van der Waals surface area contributed by atoms with E-state index in [1.807, 2.05) is 0 Å². The molecule has 0 heterocycles. The van der Waals surface area contributed by atoms with E-state index in [9.17, 15) is 13.2 Å². The number of ether oxygens (including phenoxy) is 1. The molecule has 7 heteroatoms. The minimum atomic E-state index is -3.77. The number of methoxy groups -OCH3 is 1. The Labute approximate surface area is 106 Å². The summed E-state index contributed by atoms with van der Waals surface area (Å²) in [5.74, 6) is -0.744. The minimum Gasteiger partial charge on any atom is -0.465 e. The monoisotopic (exact) mass is 272 g/mol. The van der Waals surface area contributed by atoms with Gasteiger partial charge in [-0.25, -0.2) is 17.9 Å². The third kappa shape index (κ3) is 3.21. The molecule has 0 saturated heterocycles. The Hall–Kier alpha value is -1.60. The Morgan fingerprint density at radius 3 is 2.50 bits per heavy atom. The SMILES string of the molecule is COC(=O)c1cc(N)ccc1S(=O)(=O)NC(C)C. The minimum absolute atomic E-state index is 0.0781. The number of nitrogens with two attached hydrogens (primary N) is 1. The van der Waals surface area contributed by atoms with Crippen LogP contribution in [0.1, 0.15) is 24.2 Å². The average Bonchev–Trinajstić information content (AvgIpc) is 2.25. The van der Waals surface area contributed by atoms with E-state index in [1.165, 1.54) is 25.3 Å². The first-order valence-corrected chi connectivity index (χ1v) is 6.76. The van der Waals surface area contributed by atoms with Gasteiger partial charge in [-0.05, 0) is 32.0 Å². The lowest BCUT2D eigenvalue weighted by molar-refractivity contribution is 0.0596. The third-order valence-corrected chi connectivity index (χ3v) is 3.81. The molecule has 0 bridgehead atoms. The molecule has 0 atom stereocenters. The van der Waals surface area contributed by atoms with Crippen molar-refractivity contribution in [2.75, 3.05) is 12.8 Å². The number of hydrogen-bond acceptors (Lipinski definition) is 5. The van der Waals surface area contributed by atoms with Crippen molar-refractivity contribution in [2.45, 2.75) is 24.8 Å². The fourth-order valence-corrected chi connectivity index (χ4v) is 2.85. The molecule has 0 fully saturated rings. The first kappa shape index (κ1) is 14.5. The largest absolute Gasteiger partial charge is 0.465 e. The third-order valence-electron chi connectivity index (χ3n) is 2.09. The molecule has 100 valence electrons. The van der Waals surface area contributed by atoms with Gasteiger partial charge in [0.1, 0.15) is 0 Å². The number of benzene rings is 1. The van der Waals surface area contributed by atoms with Crippen molar-refractivity contribution in [3.8, 4) is 0 Å². The number of esters is 1. The van der Waals surface area contributed by atoms with Crippen LogP contribution in [0.15, 0.2) is 23.1 Å². The highest BCUT2D eigenvalue weighted by atomic mass is 32.2. The molecule has 0 saturated carbocycles. The van der Waals surface area contributed by atoms with Gasteiger partial charge in [-0.15, -0.1) is 0 Å². The molecular formula is C11H16N2O4S. The fraction of sp³-hybridized carbons (Fsp3) is 0.364. The Kier molecular flexibility index (Phi) is 4.31. The lowest BCUT2D eigenvalue weighted by Crippen LogP contribution is -2.31. The lowest BCUT2D eigenvalue weighted by atomic mass is 10.2. The Morgan fingerprint density at radius 1 is 1.39 bits per heavy atom. The molecule has 0 aliphatic rings. The van der Waals surface area contributed by atoms with Crippen molar-refractivity contribution in [2.24, 2.45) is 0 Å². The van der Waals surface area contributed by atoms with E-state index in [1.54, 1.807) is 13.8 Å². The van der Waals surface area contributed by atoms with E-state index < -0.39 is 16.0 Å². The number of anilines is 1. The van der Waals surface area contributed by atoms with Gasteiger partial charge in [0, 0.05) is 11.7 Å². The van der Waals surface area contributed by atoms with E-state index in [-0.39, 0.29) is 16.5 Å². The Bertz CT molecular complexity index is 552. The number of carbonyl (C=O) groups is 1. The number of nitrogen functional groups attached to an aromatic ring is 1. The summed E-state index contributed by atoms with van der Waals surface area (Å²) in [6, 6.07) is 3.70.